The first-order valence-electron chi connectivity index (χ1n) is 10.4. The zero-order valence-electron chi connectivity index (χ0n) is 16.5. The first-order valence-corrected chi connectivity index (χ1v) is 10.4. The number of fused-ring (bicyclic) bond motifs is 6. The second kappa shape index (κ2) is 5.45. The Bertz CT molecular complexity index is 1060. The highest BCUT2D eigenvalue weighted by molar-refractivity contribution is 5.90. The molecule has 3 aliphatic heterocycles. The lowest BCUT2D eigenvalue weighted by Gasteiger charge is -2.33. The van der Waals surface area contributed by atoms with Gasteiger partial charge in [-0.1, -0.05) is 17.7 Å². The van der Waals surface area contributed by atoms with Gasteiger partial charge in [-0.25, -0.2) is 0 Å². The van der Waals surface area contributed by atoms with Crippen LogP contribution in [0.2, 0.25) is 0 Å². The molecule has 3 aliphatic rings. The minimum absolute atomic E-state index is 0.532. The standard InChI is InChI=1S/C24H27N3/c1-14-8-17-10-18(16-5-4-15(2)25-12-16)13-27-22-11-19-6-7-21(26(19)3)23(22)20(9-14)24(17)27/h4-5,8-9,12,18-19,21H,6-7,10-11,13H2,1-3H3. The largest absolute Gasteiger partial charge is 0.343 e. The summed E-state index contributed by atoms with van der Waals surface area (Å²) < 4.78 is 2.70. The van der Waals surface area contributed by atoms with Gasteiger partial charge in [-0.3, -0.25) is 9.88 Å². The third-order valence-corrected chi connectivity index (χ3v) is 7.41. The van der Waals surface area contributed by atoms with E-state index in [9.17, 15) is 0 Å². The monoisotopic (exact) mass is 357 g/mol. The lowest BCUT2D eigenvalue weighted by atomic mass is 9.88. The number of nitrogens with zero attached hydrogens (tertiary/aromatic N) is 3. The molecule has 138 valence electrons. The Morgan fingerprint density at radius 2 is 1.96 bits per heavy atom. The predicted octanol–water partition coefficient (Wildman–Crippen LogP) is 4.68. The minimum Gasteiger partial charge on any atom is -0.343 e. The molecule has 0 aliphatic carbocycles. The number of rotatable bonds is 1. The van der Waals surface area contributed by atoms with Crippen molar-refractivity contribution in [3.8, 4) is 0 Å². The van der Waals surface area contributed by atoms with E-state index < -0.39 is 0 Å². The third kappa shape index (κ3) is 2.15. The minimum atomic E-state index is 0.532. The van der Waals surface area contributed by atoms with Crippen LogP contribution in [0, 0.1) is 13.8 Å². The summed E-state index contributed by atoms with van der Waals surface area (Å²) in [7, 11) is 2.34. The molecule has 2 aromatic heterocycles. The zero-order chi connectivity index (χ0) is 18.3. The molecule has 0 amide bonds. The maximum absolute atomic E-state index is 4.58. The van der Waals surface area contributed by atoms with Crippen LogP contribution in [-0.4, -0.2) is 27.5 Å². The van der Waals surface area contributed by atoms with Crippen molar-refractivity contribution >= 4 is 10.9 Å². The lowest BCUT2D eigenvalue weighted by Crippen LogP contribution is -2.35. The first-order chi connectivity index (χ1) is 13.1. The normalized spacial score (nSPS) is 26.6. The highest BCUT2D eigenvalue weighted by Gasteiger charge is 2.42. The number of likely N-dealkylation sites (N-methyl/N-ethyl adjacent to an activating group) is 1. The fourth-order valence-electron chi connectivity index (χ4n) is 6.09. The summed E-state index contributed by atoms with van der Waals surface area (Å²) in [5.41, 5.74) is 10.2. The molecule has 3 nitrogen and oxygen atoms in total. The molecule has 1 saturated heterocycles. The van der Waals surface area contributed by atoms with Crippen LogP contribution in [0.5, 0.6) is 0 Å². The quantitative estimate of drug-likeness (QED) is 0.630. The summed E-state index contributed by atoms with van der Waals surface area (Å²) in [5, 5.41) is 1.54. The summed E-state index contributed by atoms with van der Waals surface area (Å²) in [6.07, 6.45) is 7.12. The number of aryl methyl sites for hydroxylation is 2. The Balaban J connectivity index is 1.56. The van der Waals surface area contributed by atoms with Crippen molar-refractivity contribution in [1.82, 2.24) is 14.5 Å². The molecule has 0 saturated carbocycles. The predicted molar refractivity (Wildman–Crippen MR) is 109 cm³/mol. The van der Waals surface area contributed by atoms with Gasteiger partial charge in [0.2, 0.25) is 0 Å². The Kier molecular flexibility index (Phi) is 3.20. The second-order valence-electron chi connectivity index (χ2n) is 9.04. The molecular formula is C24H27N3. The van der Waals surface area contributed by atoms with Crippen LogP contribution < -0.4 is 0 Å². The van der Waals surface area contributed by atoms with Crippen LogP contribution in [0.15, 0.2) is 30.5 Å². The van der Waals surface area contributed by atoms with Crippen molar-refractivity contribution in [1.29, 1.82) is 0 Å². The van der Waals surface area contributed by atoms with Gasteiger partial charge < -0.3 is 4.57 Å². The fourth-order valence-corrected chi connectivity index (χ4v) is 6.09. The fraction of sp³-hybridized carbons (Fsp3) is 0.458. The summed E-state index contributed by atoms with van der Waals surface area (Å²) in [6, 6.07) is 10.7. The van der Waals surface area contributed by atoms with Crippen LogP contribution in [0.4, 0.5) is 0 Å². The van der Waals surface area contributed by atoms with Crippen molar-refractivity contribution < 1.29 is 0 Å². The maximum atomic E-state index is 4.58. The van der Waals surface area contributed by atoms with E-state index >= 15 is 0 Å². The highest BCUT2D eigenvalue weighted by atomic mass is 15.2. The van der Waals surface area contributed by atoms with Crippen molar-refractivity contribution in [2.45, 2.75) is 64.1 Å². The Morgan fingerprint density at radius 1 is 1.07 bits per heavy atom. The molecule has 3 aromatic rings. The Hall–Kier alpha value is -2.13. The van der Waals surface area contributed by atoms with Crippen LogP contribution in [0.25, 0.3) is 10.9 Å². The van der Waals surface area contributed by atoms with E-state index in [1.165, 1.54) is 46.9 Å². The molecule has 3 unspecified atom stereocenters. The summed E-state index contributed by atoms with van der Waals surface area (Å²) in [6.45, 7) is 5.44. The molecule has 6 rings (SSSR count). The van der Waals surface area contributed by atoms with Gasteiger partial charge in [0.05, 0.1) is 5.52 Å². The van der Waals surface area contributed by atoms with E-state index in [2.05, 4.69) is 65.8 Å². The molecule has 0 radical (unpaired) electrons. The topological polar surface area (TPSA) is 21.1 Å². The van der Waals surface area contributed by atoms with Gasteiger partial charge in [-0.2, -0.15) is 0 Å². The summed E-state index contributed by atoms with van der Waals surface area (Å²) in [5.74, 6) is 0.532. The molecule has 27 heavy (non-hydrogen) atoms. The van der Waals surface area contributed by atoms with Gasteiger partial charge >= 0.3 is 0 Å². The van der Waals surface area contributed by atoms with Gasteiger partial charge in [0.25, 0.3) is 0 Å². The molecule has 2 bridgehead atoms. The average Bonchev–Trinajstić information content (AvgIpc) is 3.07. The molecule has 3 heteroatoms. The van der Waals surface area contributed by atoms with E-state index in [4.69, 9.17) is 0 Å². The van der Waals surface area contributed by atoms with Gasteiger partial charge in [-0.05, 0) is 69.0 Å². The number of benzene rings is 1. The summed E-state index contributed by atoms with van der Waals surface area (Å²) in [4.78, 5) is 7.23. The van der Waals surface area contributed by atoms with Crippen molar-refractivity contribution in [2.24, 2.45) is 0 Å². The number of aromatic nitrogens is 2. The van der Waals surface area contributed by atoms with E-state index in [0.717, 1.165) is 24.7 Å². The molecule has 1 fully saturated rings. The van der Waals surface area contributed by atoms with E-state index in [1.54, 1.807) is 11.3 Å². The Morgan fingerprint density at radius 3 is 2.78 bits per heavy atom. The van der Waals surface area contributed by atoms with Crippen molar-refractivity contribution in [3.05, 3.63) is 64.1 Å². The SMILES string of the molecule is Cc1cc2c3c(c1)c1c(n3CC(c3ccc(C)nc3)C2)CC2CCC1N2C. The molecule has 1 aromatic carbocycles. The third-order valence-electron chi connectivity index (χ3n) is 7.41. The molecule has 0 spiro atoms. The zero-order valence-corrected chi connectivity index (χ0v) is 16.5. The highest BCUT2D eigenvalue weighted by Crippen LogP contribution is 2.49. The smallest absolute Gasteiger partial charge is 0.0519 e. The first kappa shape index (κ1) is 15.9. The number of hydrogen-bond donors (Lipinski definition) is 0. The van der Waals surface area contributed by atoms with Crippen LogP contribution >= 0.6 is 0 Å². The van der Waals surface area contributed by atoms with Crippen LogP contribution in [0.1, 0.15) is 58.4 Å². The van der Waals surface area contributed by atoms with E-state index in [0.29, 0.717) is 12.0 Å². The van der Waals surface area contributed by atoms with Gasteiger partial charge in [0.1, 0.15) is 0 Å². The van der Waals surface area contributed by atoms with E-state index in [1.807, 2.05) is 0 Å². The van der Waals surface area contributed by atoms with Crippen molar-refractivity contribution in [2.75, 3.05) is 7.05 Å². The maximum Gasteiger partial charge on any atom is 0.0519 e. The van der Waals surface area contributed by atoms with Crippen molar-refractivity contribution in [3.63, 3.8) is 0 Å². The van der Waals surface area contributed by atoms with Gasteiger partial charge in [-0.15, -0.1) is 0 Å². The summed E-state index contributed by atoms with van der Waals surface area (Å²) >= 11 is 0. The Labute approximate surface area is 161 Å². The molecular weight excluding hydrogens is 330 g/mol. The number of pyridine rings is 1. The van der Waals surface area contributed by atoms with Crippen LogP contribution in [0.3, 0.4) is 0 Å². The van der Waals surface area contributed by atoms with Gasteiger partial charge in [0.15, 0.2) is 0 Å². The second-order valence-corrected chi connectivity index (χ2v) is 9.04. The average molecular weight is 358 g/mol. The lowest BCUT2D eigenvalue weighted by molar-refractivity contribution is 0.221. The van der Waals surface area contributed by atoms with Crippen LogP contribution in [-0.2, 0) is 19.4 Å². The molecule has 3 atom stereocenters. The van der Waals surface area contributed by atoms with Gasteiger partial charge in [0, 0.05) is 53.9 Å². The molecule has 5 heterocycles. The van der Waals surface area contributed by atoms with E-state index in [-0.39, 0.29) is 0 Å². The number of hydrogen-bond acceptors (Lipinski definition) is 2. The molecule has 0 N–H and O–H groups in total.